The van der Waals surface area contributed by atoms with E-state index in [0.717, 1.165) is 16.9 Å². The summed E-state index contributed by atoms with van der Waals surface area (Å²) in [6.07, 6.45) is 1.61. The van der Waals surface area contributed by atoms with Crippen LogP contribution >= 0.6 is 46.3 Å². The van der Waals surface area contributed by atoms with Gasteiger partial charge in [-0.15, -0.1) is 10.2 Å². The van der Waals surface area contributed by atoms with Crippen molar-refractivity contribution < 1.29 is 28.9 Å². The van der Waals surface area contributed by atoms with Crippen molar-refractivity contribution in [2.24, 2.45) is 0 Å². The topological polar surface area (TPSA) is 111 Å². The molecule has 9 nitrogen and oxygen atoms in total. The Labute approximate surface area is 278 Å². The van der Waals surface area contributed by atoms with Crippen molar-refractivity contribution in [3.63, 3.8) is 0 Å². The highest BCUT2D eigenvalue weighted by molar-refractivity contribution is 8.00. The molecule has 2 heterocycles. The number of carbonyl (C=O) groups excluding carboxylic acids is 2. The van der Waals surface area contributed by atoms with Gasteiger partial charge in [-0.25, -0.2) is 0 Å². The smallest absolute Gasteiger partial charge is 0.301 e. The summed E-state index contributed by atoms with van der Waals surface area (Å²) in [5.74, 6) is -0.148. The number of thioether (sulfide) groups is 1. The van der Waals surface area contributed by atoms with Crippen molar-refractivity contribution in [3.8, 4) is 17.2 Å². The minimum atomic E-state index is -1.05. The Morgan fingerprint density at radius 1 is 1.07 bits per heavy atom. The van der Waals surface area contributed by atoms with Crippen molar-refractivity contribution in [2.45, 2.75) is 23.1 Å². The molecule has 1 aliphatic heterocycles. The number of aliphatic hydroxyl groups is 1. The number of amides is 1. The van der Waals surface area contributed by atoms with Crippen LogP contribution in [0, 0.1) is 0 Å². The standard InChI is InChI=1S/C32H27Cl2N3O6S2/c1-4-14-43-24-13-9-19(15-25(24)42-5-2)27-26(28(38)18-7-11-22(41-3)12-8-18)29(39)30(40)37(27)31-35-36-32(45-31)44-17-20-6-10-21(33)16-23(20)34/h4,6-13,15-16,27,38H,1,5,14,17H2,2-3H3/b28-26+. The highest BCUT2D eigenvalue weighted by Crippen LogP contribution is 2.46. The molecule has 1 N–H and O–H groups in total. The molecule has 1 saturated heterocycles. The molecule has 1 unspecified atom stereocenters. The summed E-state index contributed by atoms with van der Waals surface area (Å²) in [5.41, 5.74) is 1.58. The molecule has 0 bridgehead atoms. The van der Waals surface area contributed by atoms with Gasteiger partial charge in [0.1, 0.15) is 18.1 Å². The highest BCUT2D eigenvalue weighted by Gasteiger charge is 2.48. The number of Topliss-reactive ketones (excluding diaryl/α,β-unsaturated/α-hetero) is 1. The average Bonchev–Trinajstić information content (AvgIpc) is 3.61. The van der Waals surface area contributed by atoms with Crippen LogP contribution < -0.4 is 19.1 Å². The van der Waals surface area contributed by atoms with Crippen LogP contribution in [-0.2, 0) is 15.3 Å². The Bertz CT molecular complexity index is 1780. The first-order valence-corrected chi connectivity index (χ1v) is 16.2. The number of hydrogen-bond acceptors (Lipinski definition) is 10. The van der Waals surface area contributed by atoms with Crippen molar-refractivity contribution in [2.75, 3.05) is 25.2 Å². The number of ether oxygens (including phenoxy) is 3. The molecule has 1 atom stereocenters. The number of methoxy groups -OCH3 is 1. The van der Waals surface area contributed by atoms with Crippen LogP contribution in [0.2, 0.25) is 10.0 Å². The summed E-state index contributed by atoms with van der Waals surface area (Å²) in [7, 11) is 1.53. The predicted octanol–water partition coefficient (Wildman–Crippen LogP) is 7.74. The zero-order valence-corrected chi connectivity index (χ0v) is 27.3. The lowest BCUT2D eigenvalue weighted by atomic mass is 9.95. The van der Waals surface area contributed by atoms with Gasteiger partial charge in [-0.2, -0.15) is 0 Å². The van der Waals surface area contributed by atoms with Crippen molar-refractivity contribution in [3.05, 3.63) is 106 Å². The molecule has 45 heavy (non-hydrogen) atoms. The van der Waals surface area contributed by atoms with Gasteiger partial charge in [0.2, 0.25) is 5.13 Å². The van der Waals surface area contributed by atoms with E-state index in [1.165, 1.54) is 23.8 Å². The normalized spacial score (nSPS) is 15.7. The maximum Gasteiger partial charge on any atom is 0.301 e. The monoisotopic (exact) mass is 683 g/mol. The first-order chi connectivity index (χ1) is 21.7. The van der Waals surface area contributed by atoms with Crippen LogP contribution in [0.25, 0.3) is 5.76 Å². The molecule has 0 saturated carbocycles. The van der Waals surface area contributed by atoms with E-state index in [1.807, 2.05) is 13.0 Å². The van der Waals surface area contributed by atoms with Gasteiger partial charge in [-0.3, -0.25) is 14.5 Å². The van der Waals surface area contributed by atoms with Crippen molar-refractivity contribution in [1.29, 1.82) is 0 Å². The van der Waals surface area contributed by atoms with Crippen LogP contribution in [0.1, 0.15) is 29.7 Å². The van der Waals surface area contributed by atoms with Gasteiger partial charge >= 0.3 is 5.91 Å². The number of aromatic nitrogens is 2. The Morgan fingerprint density at radius 2 is 1.84 bits per heavy atom. The van der Waals surface area contributed by atoms with Crippen LogP contribution in [0.3, 0.4) is 0 Å². The molecule has 5 rings (SSSR count). The second-order valence-corrected chi connectivity index (χ2v) is 12.5. The third kappa shape index (κ3) is 6.96. The largest absolute Gasteiger partial charge is 0.507 e. The van der Waals surface area contributed by atoms with Crippen molar-refractivity contribution in [1.82, 2.24) is 10.2 Å². The molecular weight excluding hydrogens is 657 g/mol. The van der Waals surface area contributed by atoms with E-state index in [0.29, 0.717) is 55.1 Å². The van der Waals surface area contributed by atoms with Gasteiger partial charge in [0.25, 0.3) is 5.78 Å². The molecular formula is C32H27Cl2N3O6S2. The maximum absolute atomic E-state index is 13.7. The molecule has 13 heteroatoms. The highest BCUT2D eigenvalue weighted by atomic mass is 35.5. The summed E-state index contributed by atoms with van der Waals surface area (Å²) in [5, 5.41) is 21.3. The first-order valence-electron chi connectivity index (χ1n) is 13.6. The number of aliphatic hydroxyl groups excluding tert-OH is 1. The van der Waals surface area contributed by atoms with E-state index in [-0.39, 0.29) is 23.1 Å². The number of carbonyl (C=O) groups is 2. The van der Waals surface area contributed by atoms with E-state index in [2.05, 4.69) is 16.8 Å². The van der Waals surface area contributed by atoms with Gasteiger partial charge in [0.05, 0.1) is 25.3 Å². The number of halogens is 2. The third-order valence-corrected chi connectivity index (χ3v) is 9.41. The number of ketones is 1. The second-order valence-electron chi connectivity index (χ2n) is 9.51. The molecule has 1 aliphatic rings. The summed E-state index contributed by atoms with van der Waals surface area (Å²) in [6.45, 7) is 6.11. The van der Waals surface area contributed by atoms with Crippen LogP contribution in [-0.4, -0.2) is 47.3 Å². The molecule has 1 aromatic heterocycles. The Balaban J connectivity index is 1.57. The fraction of sp³-hybridized carbons (Fsp3) is 0.188. The Kier molecular flexibility index (Phi) is 10.3. The van der Waals surface area contributed by atoms with Gasteiger partial charge in [0.15, 0.2) is 15.8 Å². The van der Waals surface area contributed by atoms with Crippen LogP contribution in [0.15, 0.2) is 83.2 Å². The first kappa shape index (κ1) is 32.4. The van der Waals surface area contributed by atoms with Crippen LogP contribution in [0.4, 0.5) is 5.13 Å². The summed E-state index contributed by atoms with van der Waals surface area (Å²) >= 11 is 14.9. The number of nitrogens with zero attached hydrogens (tertiary/aromatic N) is 3. The molecule has 1 fully saturated rings. The number of anilines is 1. The lowest BCUT2D eigenvalue weighted by Gasteiger charge is -2.23. The summed E-state index contributed by atoms with van der Waals surface area (Å²) in [6, 6.07) is 15.8. The van der Waals surface area contributed by atoms with Gasteiger partial charge in [-0.1, -0.05) is 71.1 Å². The van der Waals surface area contributed by atoms with E-state index >= 15 is 0 Å². The van der Waals surface area contributed by atoms with Gasteiger partial charge < -0.3 is 19.3 Å². The van der Waals surface area contributed by atoms with Gasteiger partial charge in [0, 0.05) is 21.4 Å². The lowest BCUT2D eigenvalue weighted by Crippen LogP contribution is -2.29. The summed E-state index contributed by atoms with van der Waals surface area (Å²) < 4.78 is 17.4. The second kappa shape index (κ2) is 14.4. The van der Waals surface area contributed by atoms with E-state index < -0.39 is 17.7 Å². The SMILES string of the molecule is C=CCOc1ccc(C2/C(=C(\O)c3ccc(OC)cc3)C(=O)C(=O)N2c2nnc(SCc3ccc(Cl)cc3Cl)s2)cc1OCC. The van der Waals surface area contributed by atoms with Gasteiger partial charge in [-0.05, 0) is 66.6 Å². The maximum atomic E-state index is 13.7. The fourth-order valence-electron chi connectivity index (χ4n) is 4.62. The number of hydrogen-bond donors (Lipinski definition) is 1. The molecule has 232 valence electrons. The lowest BCUT2D eigenvalue weighted by molar-refractivity contribution is -0.132. The summed E-state index contributed by atoms with van der Waals surface area (Å²) in [4.78, 5) is 28.6. The molecule has 3 aromatic carbocycles. The molecule has 0 spiro atoms. The van der Waals surface area contributed by atoms with Crippen molar-refractivity contribution >= 4 is 68.9 Å². The zero-order valence-electron chi connectivity index (χ0n) is 24.2. The molecule has 1 amide bonds. The minimum absolute atomic E-state index is 0.107. The third-order valence-electron chi connectivity index (χ3n) is 6.72. The Hall–Kier alpha value is -4.03. The number of benzene rings is 3. The molecule has 4 aromatic rings. The van der Waals surface area contributed by atoms with E-state index in [9.17, 15) is 14.7 Å². The quantitative estimate of drug-likeness (QED) is 0.0400. The predicted molar refractivity (Wildman–Crippen MR) is 177 cm³/mol. The molecule has 0 aliphatic carbocycles. The average molecular weight is 685 g/mol. The minimum Gasteiger partial charge on any atom is -0.507 e. The number of rotatable bonds is 12. The fourth-order valence-corrected chi connectivity index (χ4v) is 7.04. The van der Waals surface area contributed by atoms with E-state index in [4.69, 9.17) is 37.4 Å². The Morgan fingerprint density at radius 3 is 2.53 bits per heavy atom. The van der Waals surface area contributed by atoms with Crippen LogP contribution in [0.5, 0.6) is 17.2 Å². The zero-order chi connectivity index (χ0) is 32.1. The van der Waals surface area contributed by atoms with E-state index in [1.54, 1.807) is 60.7 Å². The molecule has 0 radical (unpaired) electrons.